The van der Waals surface area contributed by atoms with Crippen molar-refractivity contribution in [2.75, 3.05) is 20.3 Å². The molecule has 5 nitrogen and oxygen atoms in total. The van der Waals surface area contributed by atoms with Gasteiger partial charge < -0.3 is 14.4 Å². The number of ether oxygens (including phenoxy) is 2. The molecule has 0 bridgehead atoms. The van der Waals surface area contributed by atoms with E-state index in [-0.39, 0.29) is 6.09 Å². The normalized spacial score (nSPS) is 11.5. The molecule has 0 radical (unpaired) electrons. The number of rotatable bonds is 5. The van der Waals surface area contributed by atoms with E-state index in [0.717, 1.165) is 11.3 Å². The van der Waals surface area contributed by atoms with Crippen molar-refractivity contribution in [1.82, 2.24) is 9.88 Å². The molecule has 0 aliphatic heterocycles. The summed E-state index contributed by atoms with van der Waals surface area (Å²) in [6, 6.07) is 3.84. The number of pyridine rings is 1. The molecule has 0 aliphatic carbocycles. The summed E-state index contributed by atoms with van der Waals surface area (Å²) in [7, 11) is 0.195. The van der Waals surface area contributed by atoms with Crippen molar-refractivity contribution in [3.05, 3.63) is 29.6 Å². The number of methoxy groups -OCH3 is 1. The fourth-order valence-electron chi connectivity index (χ4n) is 1.83. The Morgan fingerprint density at radius 3 is 2.44 bits per heavy atom. The fraction of sp³-hybridized carbons (Fsp3) is 0.579. The van der Waals surface area contributed by atoms with E-state index in [1.165, 1.54) is 0 Å². The van der Waals surface area contributed by atoms with E-state index in [1.54, 1.807) is 18.2 Å². The van der Waals surface area contributed by atoms with Crippen LogP contribution in [0.2, 0.25) is 19.6 Å². The minimum absolute atomic E-state index is 0.354. The van der Waals surface area contributed by atoms with Crippen molar-refractivity contribution in [2.24, 2.45) is 0 Å². The smallest absolute Gasteiger partial charge is 0.410 e. The molecule has 1 rings (SSSR count). The number of amides is 1. The third-order valence-electron chi connectivity index (χ3n) is 2.98. The molecular weight excluding hydrogens is 332 g/mol. The predicted molar refractivity (Wildman–Crippen MR) is 103 cm³/mol. The fourth-order valence-corrected chi connectivity index (χ4v) is 2.33. The molecular formula is C19H30N2O3Si. The first-order valence-electron chi connectivity index (χ1n) is 8.45. The molecule has 0 aliphatic rings. The van der Waals surface area contributed by atoms with Crippen LogP contribution in [0.25, 0.3) is 0 Å². The number of hydrogen-bond acceptors (Lipinski definition) is 4. The van der Waals surface area contributed by atoms with Gasteiger partial charge in [0.1, 0.15) is 19.4 Å². The van der Waals surface area contributed by atoms with Crippen molar-refractivity contribution in [2.45, 2.75) is 52.6 Å². The minimum Gasteiger partial charge on any atom is -0.444 e. The maximum Gasteiger partial charge on any atom is 0.410 e. The van der Waals surface area contributed by atoms with Gasteiger partial charge in [0, 0.05) is 19.9 Å². The average molecular weight is 363 g/mol. The van der Waals surface area contributed by atoms with Crippen molar-refractivity contribution in [3.8, 4) is 11.5 Å². The van der Waals surface area contributed by atoms with Gasteiger partial charge in [-0.05, 0) is 32.4 Å². The molecule has 0 saturated heterocycles. The lowest BCUT2D eigenvalue weighted by atomic mass is 10.2. The maximum absolute atomic E-state index is 12.4. The largest absolute Gasteiger partial charge is 0.444 e. The van der Waals surface area contributed by atoms with E-state index in [9.17, 15) is 4.79 Å². The molecule has 1 aromatic rings. The Hall–Kier alpha value is -1.84. The lowest BCUT2D eigenvalue weighted by molar-refractivity contribution is 0.0184. The van der Waals surface area contributed by atoms with Gasteiger partial charge in [0.15, 0.2) is 0 Å². The highest BCUT2D eigenvalue weighted by molar-refractivity contribution is 6.83. The zero-order valence-electron chi connectivity index (χ0n) is 16.5. The molecule has 1 aromatic heterocycles. The Bertz CT molecular complexity index is 619. The average Bonchev–Trinajstić information content (AvgIpc) is 2.48. The minimum atomic E-state index is -1.42. The monoisotopic (exact) mass is 362 g/mol. The molecule has 0 saturated carbocycles. The zero-order chi connectivity index (χ0) is 19.1. The number of carbonyl (C=O) groups is 1. The number of aromatic nitrogens is 1. The Morgan fingerprint density at radius 1 is 1.28 bits per heavy atom. The molecule has 0 spiro atoms. The molecule has 0 aromatic carbocycles. The van der Waals surface area contributed by atoms with Crippen LogP contribution in [0.15, 0.2) is 18.3 Å². The van der Waals surface area contributed by atoms with E-state index in [1.807, 2.05) is 32.9 Å². The SMILES string of the molecule is COCCN(Cc1ccc(C#C[Si](C)(C)C)nc1)C(=O)OC(C)(C)C. The molecule has 0 fully saturated rings. The molecule has 138 valence electrons. The van der Waals surface area contributed by atoms with Crippen molar-refractivity contribution >= 4 is 14.2 Å². The quantitative estimate of drug-likeness (QED) is 0.592. The maximum atomic E-state index is 12.4. The standard InChI is InChI=1S/C19H30N2O3Si/c1-19(2,3)24-18(22)21(11-12-23-4)15-16-8-9-17(20-14-16)10-13-25(5,6)7/h8-9,14H,11-12,15H2,1-7H3. The van der Waals surface area contributed by atoms with Crippen LogP contribution in [-0.2, 0) is 16.0 Å². The van der Waals surface area contributed by atoms with Crippen LogP contribution in [-0.4, -0.2) is 49.9 Å². The summed E-state index contributed by atoms with van der Waals surface area (Å²) in [6.07, 6.45) is 1.41. The Morgan fingerprint density at radius 2 is 1.96 bits per heavy atom. The van der Waals surface area contributed by atoms with Gasteiger partial charge in [0.25, 0.3) is 0 Å². The van der Waals surface area contributed by atoms with E-state index >= 15 is 0 Å². The lowest BCUT2D eigenvalue weighted by Crippen LogP contribution is -2.38. The van der Waals surface area contributed by atoms with Crippen LogP contribution in [0.5, 0.6) is 0 Å². The van der Waals surface area contributed by atoms with Gasteiger partial charge in [-0.3, -0.25) is 0 Å². The Labute approximate surface area is 152 Å². The molecule has 0 unspecified atom stereocenters. The topological polar surface area (TPSA) is 51.7 Å². The molecule has 25 heavy (non-hydrogen) atoms. The molecule has 0 atom stereocenters. The summed E-state index contributed by atoms with van der Waals surface area (Å²) in [5.74, 6) is 3.13. The summed E-state index contributed by atoms with van der Waals surface area (Å²) in [6.45, 7) is 13.5. The number of nitrogens with zero attached hydrogens (tertiary/aromatic N) is 2. The van der Waals surface area contributed by atoms with E-state index < -0.39 is 13.7 Å². The number of carbonyl (C=O) groups excluding carboxylic acids is 1. The van der Waals surface area contributed by atoms with Crippen LogP contribution in [0.4, 0.5) is 4.79 Å². The third kappa shape index (κ3) is 9.27. The van der Waals surface area contributed by atoms with Crippen LogP contribution >= 0.6 is 0 Å². The third-order valence-corrected chi connectivity index (χ3v) is 3.86. The highest BCUT2D eigenvalue weighted by atomic mass is 28.3. The highest BCUT2D eigenvalue weighted by Gasteiger charge is 2.22. The second-order valence-corrected chi connectivity index (χ2v) is 12.7. The summed E-state index contributed by atoms with van der Waals surface area (Å²) in [4.78, 5) is 18.4. The first-order chi connectivity index (χ1) is 11.5. The van der Waals surface area contributed by atoms with Crippen molar-refractivity contribution in [1.29, 1.82) is 0 Å². The first kappa shape index (κ1) is 21.2. The van der Waals surface area contributed by atoms with Gasteiger partial charge in [-0.15, -0.1) is 5.54 Å². The summed E-state index contributed by atoms with van der Waals surface area (Å²) >= 11 is 0. The van der Waals surface area contributed by atoms with Gasteiger partial charge in [-0.1, -0.05) is 31.6 Å². The first-order valence-corrected chi connectivity index (χ1v) is 12.0. The Kier molecular flexibility index (Phi) is 7.65. The van der Waals surface area contributed by atoms with Crippen LogP contribution in [0, 0.1) is 11.5 Å². The molecule has 6 heteroatoms. The zero-order valence-corrected chi connectivity index (χ0v) is 17.5. The van der Waals surface area contributed by atoms with Crippen molar-refractivity contribution < 1.29 is 14.3 Å². The Balaban J connectivity index is 2.82. The van der Waals surface area contributed by atoms with Crippen LogP contribution < -0.4 is 0 Å². The van der Waals surface area contributed by atoms with Gasteiger partial charge in [-0.2, -0.15) is 0 Å². The summed E-state index contributed by atoms with van der Waals surface area (Å²) in [5, 5.41) is 0. The lowest BCUT2D eigenvalue weighted by Gasteiger charge is -2.27. The van der Waals surface area contributed by atoms with Crippen LogP contribution in [0.3, 0.4) is 0 Å². The van der Waals surface area contributed by atoms with Crippen LogP contribution in [0.1, 0.15) is 32.0 Å². The molecule has 1 heterocycles. The summed E-state index contributed by atoms with van der Waals surface area (Å²) in [5.41, 5.74) is 4.45. The molecule has 0 N–H and O–H groups in total. The summed E-state index contributed by atoms with van der Waals surface area (Å²) < 4.78 is 10.6. The van der Waals surface area contributed by atoms with Gasteiger partial charge >= 0.3 is 6.09 Å². The van der Waals surface area contributed by atoms with E-state index in [4.69, 9.17) is 9.47 Å². The van der Waals surface area contributed by atoms with E-state index in [2.05, 4.69) is 36.1 Å². The van der Waals surface area contributed by atoms with Gasteiger partial charge in [0.05, 0.1) is 13.2 Å². The molecule has 1 amide bonds. The van der Waals surface area contributed by atoms with Gasteiger partial charge in [0.2, 0.25) is 0 Å². The van der Waals surface area contributed by atoms with E-state index in [0.29, 0.717) is 19.7 Å². The number of hydrogen-bond donors (Lipinski definition) is 0. The highest BCUT2D eigenvalue weighted by Crippen LogP contribution is 2.12. The van der Waals surface area contributed by atoms with Gasteiger partial charge in [-0.25, -0.2) is 9.78 Å². The predicted octanol–water partition coefficient (Wildman–Crippen LogP) is 3.69. The van der Waals surface area contributed by atoms with Crippen molar-refractivity contribution in [3.63, 3.8) is 0 Å². The second-order valence-electron chi connectivity index (χ2n) is 7.95. The second kappa shape index (κ2) is 9.02.